The average molecular weight is 390 g/mol. The van der Waals surface area contributed by atoms with E-state index >= 15 is 0 Å². The smallest absolute Gasteiger partial charge is 0.251 e. The lowest BCUT2D eigenvalue weighted by atomic mass is 10.0. The number of nitrogens with one attached hydrogen (secondary N) is 1. The number of hydrogen-bond acceptors (Lipinski definition) is 3. The van der Waals surface area contributed by atoms with Gasteiger partial charge in [-0.3, -0.25) is 4.79 Å². The summed E-state index contributed by atoms with van der Waals surface area (Å²) in [6.07, 6.45) is 2.06. The maximum absolute atomic E-state index is 14.1. The van der Waals surface area contributed by atoms with Crippen LogP contribution in [0.3, 0.4) is 0 Å². The minimum absolute atomic E-state index is 0.120. The number of amides is 1. The van der Waals surface area contributed by atoms with Gasteiger partial charge in [0.2, 0.25) is 10.0 Å². The van der Waals surface area contributed by atoms with Crippen molar-refractivity contribution in [2.24, 2.45) is 5.92 Å². The summed E-state index contributed by atoms with van der Waals surface area (Å²) in [7, 11) is -1.33. The first-order valence-corrected chi connectivity index (χ1v) is 10.2. The second kappa shape index (κ2) is 7.40. The zero-order valence-electron chi connectivity index (χ0n) is 15.6. The predicted octanol–water partition coefficient (Wildman–Crippen LogP) is 3.27. The number of carbonyl (C=O) groups is 1. The van der Waals surface area contributed by atoms with Gasteiger partial charge >= 0.3 is 0 Å². The van der Waals surface area contributed by atoms with Crippen LogP contribution in [0.5, 0.6) is 0 Å². The molecule has 1 unspecified atom stereocenters. The first kappa shape index (κ1) is 19.5. The van der Waals surface area contributed by atoms with Crippen molar-refractivity contribution in [3.05, 3.63) is 65.0 Å². The van der Waals surface area contributed by atoms with Gasteiger partial charge in [-0.05, 0) is 49.4 Å². The molecule has 0 aromatic heterocycles. The number of sulfonamides is 1. The van der Waals surface area contributed by atoms with Crippen LogP contribution in [-0.2, 0) is 10.0 Å². The molecule has 1 amide bonds. The Bertz CT molecular complexity index is 952. The molecule has 0 radical (unpaired) electrons. The van der Waals surface area contributed by atoms with Gasteiger partial charge in [-0.25, -0.2) is 17.1 Å². The van der Waals surface area contributed by atoms with Crippen LogP contribution in [0.1, 0.15) is 40.4 Å². The third-order valence-corrected chi connectivity index (χ3v) is 6.60. The number of nitrogens with zero attached hydrogens (tertiary/aromatic N) is 1. The van der Waals surface area contributed by atoms with E-state index in [-0.39, 0.29) is 11.6 Å². The van der Waals surface area contributed by atoms with Gasteiger partial charge in [0.05, 0.1) is 6.04 Å². The molecule has 7 heteroatoms. The Labute approximate surface area is 159 Å². The fourth-order valence-electron chi connectivity index (χ4n) is 2.94. The molecule has 0 aliphatic heterocycles. The number of carbonyl (C=O) groups excluding carboxylic acids is 1. The molecular formula is C20H23FN2O3S. The van der Waals surface area contributed by atoms with Crippen molar-refractivity contribution >= 4 is 15.9 Å². The summed E-state index contributed by atoms with van der Waals surface area (Å²) in [5, 5.41) is 2.99. The monoisotopic (exact) mass is 390 g/mol. The van der Waals surface area contributed by atoms with Crippen LogP contribution in [-0.4, -0.2) is 32.7 Å². The SMILES string of the molecule is Cc1ccc(C(NC(=O)c2ccc(F)c(S(=O)(=O)N(C)C)c2)C2CC2)cc1. The van der Waals surface area contributed by atoms with E-state index in [1.807, 2.05) is 31.2 Å². The first-order valence-electron chi connectivity index (χ1n) is 8.79. The van der Waals surface area contributed by atoms with Crippen LogP contribution >= 0.6 is 0 Å². The molecule has 1 atom stereocenters. The third-order valence-electron chi connectivity index (χ3n) is 4.77. The van der Waals surface area contributed by atoms with Crippen molar-refractivity contribution in [1.29, 1.82) is 0 Å². The lowest BCUT2D eigenvalue weighted by molar-refractivity contribution is 0.0931. The maximum Gasteiger partial charge on any atom is 0.251 e. The van der Waals surface area contributed by atoms with Crippen molar-refractivity contribution in [1.82, 2.24) is 9.62 Å². The number of hydrogen-bond donors (Lipinski definition) is 1. The summed E-state index contributed by atoms with van der Waals surface area (Å²) in [4.78, 5) is 12.2. The van der Waals surface area contributed by atoms with E-state index < -0.39 is 26.6 Å². The number of benzene rings is 2. The molecule has 144 valence electrons. The van der Waals surface area contributed by atoms with Gasteiger partial charge in [0.25, 0.3) is 5.91 Å². The molecule has 5 nitrogen and oxygen atoms in total. The summed E-state index contributed by atoms with van der Waals surface area (Å²) >= 11 is 0. The fraction of sp³-hybridized carbons (Fsp3) is 0.350. The van der Waals surface area contributed by atoms with E-state index in [1.54, 1.807) is 0 Å². The molecule has 1 N–H and O–H groups in total. The zero-order chi connectivity index (χ0) is 19.8. The van der Waals surface area contributed by atoms with Crippen LogP contribution in [0.4, 0.5) is 4.39 Å². The summed E-state index contributed by atoms with van der Waals surface area (Å²) in [5.74, 6) is -0.928. The Balaban J connectivity index is 1.88. The molecule has 0 spiro atoms. The Morgan fingerprint density at radius 1 is 1.15 bits per heavy atom. The van der Waals surface area contributed by atoms with Crippen LogP contribution < -0.4 is 5.32 Å². The fourth-order valence-corrected chi connectivity index (χ4v) is 3.92. The van der Waals surface area contributed by atoms with Gasteiger partial charge in [-0.15, -0.1) is 0 Å². The second-order valence-electron chi connectivity index (χ2n) is 7.13. The minimum atomic E-state index is -3.97. The number of halogens is 1. The van der Waals surface area contributed by atoms with Gasteiger partial charge < -0.3 is 5.32 Å². The largest absolute Gasteiger partial charge is 0.345 e. The van der Waals surface area contributed by atoms with E-state index in [0.717, 1.165) is 40.4 Å². The molecule has 1 aliphatic rings. The molecule has 0 bridgehead atoms. The zero-order valence-corrected chi connectivity index (χ0v) is 16.4. The average Bonchev–Trinajstić information content (AvgIpc) is 3.45. The minimum Gasteiger partial charge on any atom is -0.345 e. The first-order chi connectivity index (χ1) is 12.7. The highest BCUT2D eigenvalue weighted by Gasteiger charge is 2.34. The van der Waals surface area contributed by atoms with Gasteiger partial charge in [-0.1, -0.05) is 29.8 Å². The van der Waals surface area contributed by atoms with Gasteiger partial charge in [-0.2, -0.15) is 0 Å². The van der Waals surface area contributed by atoms with Gasteiger partial charge in [0.1, 0.15) is 10.7 Å². The van der Waals surface area contributed by atoms with Crippen molar-refractivity contribution in [2.75, 3.05) is 14.1 Å². The molecule has 3 rings (SSSR count). The molecule has 0 heterocycles. The Kier molecular flexibility index (Phi) is 5.35. The molecule has 1 fully saturated rings. The molecule has 0 saturated heterocycles. The number of rotatable bonds is 6. The predicted molar refractivity (Wildman–Crippen MR) is 101 cm³/mol. The Morgan fingerprint density at radius 2 is 1.78 bits per heavy atom. The van der Waals surface area contributed by atoms with E-state index in [4.69, 9.17) is 0 Å². The standard InChI is InChI=1S/C20H23FN2O3S/c1-13-4-6-14(7-5-13)19(15-8-9-15)22-20(24)16-10-11-17(21)18(12-16)27(25,26)23(2)3/h4-7,10-12,15,19H,8-9H2,1-3H3,(H,22,24). The highest BCUT2D eigenvalue weighted by atomic mass is 32.2. The van der Waals surface area contributed by atoms with E-state index in [1.165, 1.54) is 20.2 Å². The van der Waals surface area contributed by atoms with Gasteiger partial charge in [0.15, 0.2) is 0 Å². The summed E-state index contributed by atoms with van der Waals surface area (Å²) < 4.78 is 39.5. The van der Waals surface area contributed by atoms with Gasteiger partial charge in [0, 0.05) is 19.7 Å². The number of aryl methyl sites for hydroxylation is 1. The normalized spacial score (nSPS) is 15.6. The molecule has 27 heavy (non-hydrogen) atoms. The summed E-state index contributed by atoms with van der Waals surface area (Å²) in [6.45, 7) is 2.00. The molecule has 2 aromatic rings. The van der Waals surface area contributed by atoms with Crippen LogP contribution in [0, 0.1) is 18.7 Å². The second-order valence-corrected chi connectivity index (χ2v) is 9.25. The highest BCUT2D eigenvalue weighted by molar-refractivity contribution is 7.89. The highest BCUT2D eigenvalue weighted by Crippen LogP contribution is 2.41. The Hall–Kier alpha value is -2.25. The van der Waals surface area contributed by atoms with Crippen molar-refractivity contribution in [3.63, 3.8) is 0 Å². The van der Waals surface area contributed by atoms with Crippen molar-refractivity contribution in [3.8, 4) is 0 Å². The van der Waals surface area contributed by atoms with Crippen LogP contribution in [0.15, 0.2) is 47.4 Å². The summed E-state index contributed by atoms with van der Waals surface area (Å²) in [6, 6.07) is 11.3. The lowest BCUT2D eigenvalue weighted by Crippen LogP contribution is -2.30. The lowest BCUT2D eigenvalue weighted by Gasteiger charge is -2.20. The van der Waals surface area contributed by atoms with Crippen LogP contribution in [0.25, 0.3) is 0 Å². The maximum atomic E-state index is 14.1. The van der Waals surface area contributed by atoms with Crippen molar-refractivity contribution < 1.29 is 17.6 Å². The molecule has 2 aromatic carbocycles. The molecule has 1 aliphatic carbocycles. The van der Waals surface area contributed by atoms with Crippen molar-refractivity contribution in [2.45, 2.75) is 30.7 Å². The van der Waals surface area contributed by atoms with E-state index in [9.17, 15) is 17.6 Å². The summed E-state index contributed by atoms with van der Waals surface area (Å²) in [5.41, 5.74) is 2.27. The van der Waals surface area contributed by atoms with Crippen LogP contribution in [0.2, 0.25) is 0 Å². The topological polar surface area (TPSA) is 66.5 Å². The quantitative estimate of drug-likeness (QED) is 0.823. The molecule has 1 saturated carbocycles. The molecular weight excluding hydrogens is 367 g/mol. The third kappa shape index (κ3) is 4.20. The van der Waals surface area contributed by atoms with E-state index in [0.29, 0.717) is 5.92 Å². The Morgan fingerprint density at radius 3 is 2.33 bits per heavy atom. The van der Waals surface area contributed by atoms with E-state index in [2.05, 4.69) is 5.32 Å².